The Bertz CT molecular complexity index is 715. The van der Waals surface area contributed by atoms with E-state index in [2.05, 4.69) is 34.1 Å². The number of pyridine rings is 1. The van der Waals surface area contributed by atoms with Gasteiger partial charge in [0.05, 0.1) is 0 Å². The van der Waals surface area contributed by atoms with Crippen molar-refractivity contribution in [2.75, 3.05) is 19.6 Å². The van der Waals surface area contributed by atoms with Crippen LogP contribution in [-0.4, -0.2) is 35.3 Å². The minimum absolute atomic E-state index is 0. The third-order valence-electron chi connectivity index (χ3n) is 5.67. The van der Waals surface area contributed by atoms with Gasteiger partial charge < -0.3 is 4.90 Å². The largest absolute Gasteiger partial charge is 0.303 e. The number of piperidine rings is 1. The van der Waals surface area contributed by atoms with Crippen molar-refractivity contribution in [3.8, 4) is 0 Å². The lowest BCUT2D eigenvalue weighted by Crippen LogP contribution is -2.38. The number of carbonyl (C=O) groups is 1. The molecule has 4 rings (SSSR count). The molecule has 3 nitrogen and oxygen atoms in total. The van der Waals surface area contributed by atoms with Crippen LogP contribution >= 0.6 is 24.8 Å². The number of Topliss-reactive ketones (excluding diaryl/α,β-unsaturated/α-hetero) is 1. The molecule has 1 aromatic carbocycles. The molecule has 0 amide bonds. The molecule has 2 heterocycles. The summed E-state index contributed by atoms with van der Waals surface area (Å²) in [4.78, 5) is 19.6. The van der Waals surface area contributed by atoms with Gasteiger partial charge in [0.15, 0.2) is 5.78 Å². The zero-order valence-corrected chi connectivity index (χ0v) is 16.5. The van der Waals surface area contributed by atoms with Gasteiger partial charge in [-0.15, -0.1) is 24.8 Å². The lowest BCUT2D eigenvalue weighted by Gasteiger charge is -2.34. The summed E-state index contributed by atoms with van der Waals surface area (Å²) in [6, 6.07) is 14.3. The first-order valence-electron chi connectivity index (χ1n) is 9.05. The number of hydrogen-bond acceptors (Lipinski definition) is 3. The highest BCUT2D eigenvalue weighted by molar-refractivity contribution is 6.02. The zero-order chi connectivity index (χ0) is 16.4. The normalized spacial score (nSPS) is 20.2. The van der Waals surface area contributed by atoms with Crippen LogP contribution < -0.4 is 0 Å². The Morgan fingerprint density at radius 3 is 2.42 bits per heavy atom. The minimum Gasteiger partial charge on any atom is -0.303 e. The summed E-state index contributed by atoms with van der Waals surface area (Å²) in [5.74, 6) is 1.16. The van der Waals surface area contributed by atoms with E-state index in [0.717, 1.165) is 50.9 Å². The number of carbonyl (C=O) groups excluding carboxylic acids is 1. The molecule has 2 aromatic rings. The number of nitrogens with zero attached hydrogens (tertiary/aromatic N) is 2. The van der Waals surface area contributed by atoms with Gasteiger partial charge in [0, 0.05) is 36.3 Å². The number of benzene rings is 1. The molecule has 5 heteroatoms. The first kappa shape index (κ1) is 20.9. The molecule has 26 heavy (non-hydrogen) atoms. The topological polar surface area (TPSA) is 33.2 Å². The molecule has 1 aliphatic heterocycles. The van der Waals surface area contributed by atoms with Gasteiger partial charge in [-0.2, -0.15) is 0 Å². The fourth-order valence-electron chi connectivity index (χ4n) is 4.25. The predicted octanol–water partition coefficient (Wildman–Crippen LogP) is 4.23. The summed E-state index contributed by atoms with van der Waals surface area (Å²) in [6.07, 6.45) is 6.12. The van der Waals surface area contributed by atoms with Crippen LogP contribution in [0, 0.1) is 11.8 Å². The van der Waals surface area contributed by atoms with Gasteiger partial charge in [-0.3, -0.25) is 9.78 Å². The monoisotopic (exact) mass is 392 g/mol. The second-order valence-corrected chi connectivity index (χ2v) is 7.08. The SMILES string of the molecule is Cl.Cl.O=C1c2ccccc2CC1C1CCN(CCc2ccccn2)CC1. The molecule has 1 aromatic heterocycles. The molecule has 2 aliphatic rings. The van der Waals surface area contributed by atoms with Gasteiger partial charge in [-0.25, -0.2) is 0 Å². The number of hydrogen-bond donors (Lipinski definition) is 0. The van der Waals surface area contributed by atoms with Crippen molar-refractivity contribution in [1.82, 2.24) is 9.88 Å². The van der Waals surface area contributed by atoms with Crippen LogP contribution in [0.1, 0.15) is 34.5 Å². The number of ketones is 1. The van der Waals surface area contributed by atoms with E-state index in [1.165, 1.54) is 11.3 Å². The molecule has 0 bridgehead atoms. The van der Waals surface area contributed by atoms with Gasteiger partial charge in [-0.05, 0) is 56.0 Å². The molecule has 0 saturated carbocycles. The highest BCUT2D eigenvalue weighted by atomic mass is 35.5. The van der Waals surface area contributed by atoms with Crippen LogP contribution in [0.15, 0.2) is 48.7 Å². The molecule has 1 fully saturated rings. The van der Waals surface area contributed by atoms with E-state index in [4.69, 9.17) is 0 Å². The van der Waals surface area contributed by atoms with E-state index in [1.807, 2.05) is 24.4 Å². The second-order valence-electron chi connectivity index (χ2n) is 7.08. The van der Waals surface area contributed by atoms with E-state index in [1.54, 1.807) is 0 Å². The maximum absolute atomic E-state index is 12.7. The van der Waals surface area contributed by atoms with E-state index < -0.39 is 0 Å². The second kappa shape index (κ2) is 9.50. The fourth-order valence-corrected chi connectivity index (χ4v) is 4.25. The molecule has 0 spiro atoms. The van der Waals surface area contributed by atoms with Crippen molar-refractivity contribution in [2.24, 2.45) is 11.8 Å². The number of rotatable bonds is 4. The van der Waals surface area contributed by atoms with Crippen LogP contribution in [0.2, 0.25) is 0 Å². The first-order valence-corrected chi connectivity index (χ1v) is 9.05. The Morgan fingerprint density at radius 1 is 1.00 bits per heavy atom. The predicted molar refractivity (Wildman–Crippen MR) is 110 cm³/mol. The Balaban J connectivity index is 0.00000121. The van der Waals surface area contributed by atoms with E-state index in [0.29, 0.717) is 11.7 Å². The van der Waals surface area contributed by atoms with Gasteiger partial charge in [0.25, 0.3) is 0 Å². The van der Waals surface area contributed by atoms with Crippen molar-refractivity contribution in [3.05, 3.63) is 65.5 Å². The maximum Gasteiger partial charge on any atom is 0.166 e. The minimum atomic E-state index is 0. The summed E-state index contributed by atoms with van der Waals surface area (Å²) < 4.78 is 0. The van der Waals surface area contributed by atoms with Gasteiger partial charge >= 0.3 is 0 Å². The zero-order valence-electron chi connectivity index (χ0n) is 14.8. The quantitative estimate of drug-likeness (QED) is 0.779. The third kappa shape index (κ3) is 4.46. The van der Waals surface area contributed by atoms with Crippen molar-refractivity contribution >= 4 is 30.6 Å². The number of likely N-dealkylation sites (tertiary alicyclic amines) is 1. The van der Waals surface area contributed by atoms with Crippen LogP contribution in [0.5, 0.6) is 0 Å². The van der Waals surface area contributed by atoms with Crippen LogP contribution in [-0.2, 0) is 12.8 Å². The van der Waals surface area contributed by atoms with Crippen molar-refractivity contribution in [2.45, 2.75) is 25.7 Å². The first-order chi connectivity index (χ1) is 11.8. The molecule has 1 aliphatic carbocycles. The van der Waals surface area contributed by atoms with Crippen molar-refractivity contribution < 1.29 is 4.79 Å². The molecule has 0 N–H and O–H groups in total. The smallest absolute Gasteiger partial charge is 0.166 e. The average molecular weight is 393 g/mol. The fraction of sp³-hybridized carbons (Fsp3) is 0.429. The molecule has 1 atom stereocenters. The molecule has 0 radical (unpaired) electrons. The Labute approximate surface area is 168 Å². The summed E-state index contributed by atoms with van der Waals surface area (Å²) in [6.45, 7) is 3.29. The Kier molecular flexibility index (Phi) is 7.63. The van der Waals surface area contributed by atoms with E-state index in [-0.39, 0.29) is 30.7 Å². The van der Waals surface area contributed by atoms with E-state index in [9.17, 15) is 4.79 Å². The average Bonchev–Trinajstić information content (AvgIpc) is 2.98. The number of halogens is 2. The summed E-state index contributed by atoms with van der Waals surface area (Å²) in [5.41, 5.74) is 3.39. The third-order valence-corrected chi connectivity index (χ3v) is 5.67. The molecule has 1 unspecified atom stereocenters. The lowest BCUT2D eigenvalue weighted by atomic mass is 9.82. The molecule has 1 saturated heterocycles. The molecule has 140 valence electrons. The summed E-state index contributed by atoms with van der Waals surface area (Å²) in [7, 11) is 0. The Morgan fingerprint density at radius 2 is 1.73 bits per heavy atom. The van der Waals surface area contributed by atoms with Crippen LogP contribution in [0.3, 0.4) is 0 Å². The van der Waals surface area contributed by atoms with Crippen LogP contribution in [0.4, 0.5) is 0 Å². The van der Waals surface area contributed by atoms with Gasteiger partial charge in [0.1, 0.15) is 0 Å². The number of aromatic nitrogens is 1. The maximum atomic E-state index is 12.7. The standard InChI is InChI=1S/C21H24N2O.2ClH/c24-21-19-7-2-1-5-17(19)15-20(21)16-8-12-23(13-9-16)14-10-18-6-3-4-11-22-18;;/h1-7,11,16,20H,8-10,12-15H2;2*1H. The summed E-state index contributed by atoms with van der Waals surface area (Å²) >= 11 is 0. The lowest BCUT2D eigenvalue weighted by molar-refractivity contribution is 0.0824. The highest BCUT2D eigenvalue weighted by Crippen LogP contribution is 2.36. The highest BCUT2D eigenvalue weighted by Gasteiger charge is 2.37. The van der Waals surface area contributed by atoms with Crippen molar-refractivity contribution in [1.29, 1.82) is 0 Å². The van der Waals surface area contributed by atoms with Gasteiger partial charge in [-0.1, -0.05) is 30.3 Å². The number of fused-ring (bicyclic) bond motifs is 1. The van der Waals surface area contributed by atoms with E-state index >= 15 is 0 Å². The molecular formula is C21H26Cl2N2O. The summed E-state index contributed by atoms with van der Waals surface area (Å²) in [5, 5.41) is 0. The Hall–Kier alpha value is -1.42. The molecular weight excluding hydrogens is 367 g/mol. The van der Waals surface area contributed by atoms with Crippen molar-refractivity contribution in [3.63, 3.8) is 0 Å². The van der Waals surface area contributed by atoms with Gasteiger partial charge in [0.2, 0.25) is 0 Å². The van der Waals surface area contributed by atoms with Crippen LogP contribution in [0.25, 0.3) is 0 Å².